The summed E-state index contributed by atoms with van der Waals surface area (Å²) < 4.78 is 12.8. The maximum atomic E-state index is 6.60. The lowest BCUT2D eigenvalue weighted by molar-refractivity contribution is 0.620. The topological polar surface area (TPSA) is 42.4 Å². The van der Waals surface area contributed by atoms with Crippen molar-refractivity contribution in [3.63, 3.8) is 0 Å². The molecule has 8 aromatic carbocycles. The molecule has 4 heteroatoms. The zero-order valence-electron chi connectivity index (χ0n) is 27.5. The molecule has 0 unspecified atom stereocenters. The molecule has 240 valence electrons. The highest BCUT2D eigenvalue weighted by Crippen LogP contribution is 2.44. The number of para-hydroxylation sites is 3. The molecule has 4 nitrogen and oxygen atoms in total. The van der Waals surface area contributed by atoms with Gasteiger partial charge in [0.2, 0.25) is 5.89 Å². The highest BCUT2D eigenvalue weighted by molar-refractivity contribution is 6.10. The van der Waals surface area contributed by atoms with Crippen LogP contribution in [0.4, 0.5) is 17.1 Å². The van der Waals surface area contributed by atoms with Gasteiger partial charge in [-0.1, -0.05) is 127 Å². The third kappa shape index (κ3) is 4.96. The molecule has 2 heterocycles. The van der Waals surface area contributed by atoms with Crippen molar-refractivity contribution in [2.24, 2.45) is 0 Å². The van der Waals surface area contributed by atoms with E-state index >= 15 is 0 Å². The molecule has 0 spiro atoms. The van der Waals surface area contributed by atoms with E-state index in [9.17, 15) is 0 Å². The number of oxazole rings is 1. The predicted octanol–water partition coefficient (Wildman–Crippen LogP) is 13.4. The summed E-state index contributed by atoms with van der Waals surface area (Å²) in [6.45, 7) is 0. The van der Waals surface area contributed by atoms with Gasteiger partial charge in [-0.25, -0.2) is 4.98 Å². The van der Waals surface area contributed by atoms with Crippen LogP contribution in [0.5, 0.6) is 0 Å². The van der Waals surface area contributed by atoms with Crippen molar-refractivity contribution in [3.05, 3.63) is 182 Å². The quantitative estimate of drug-likeness (QED) is 0.179. The van der Waals surface area contributed by atoms with Crippen molar-refractivity contribution in [2.45, 2.75) is 0 Å². The third-order valence-electron chi connectivity index (χ3n) is 9.71. The second-order valence-corrected chi connectivity index (χ2v) is 12.7. The Kier molecular flexibility index (Phi) is 6.78. The molecule has 0 radical (unpaired) electrons. The molecule has 0 aliphatic rings. The number of hydrogen-bond acceptors (Lipinski definition) is 4. The first-order valence-corrected chi connectivity index (χ1v) is 17.1. The number of benzene rings is 8. The Morgan fingerprint density at radius 3 is 1.98 bits per heavy atom. The number of fused-ring (bicyclic) bond motifs is 5. The van der Waals surface area contributed by atoms with Gasteiger partial charge >= 0.3 is 0 Å². The smallest absolute Gasteiger partial charge is 0.227 e. The van der Waals surface area contributed by atoms with Crippen molar-refractivity contribution in [1.29, 1.82) is 0 Å². The van der Waals surface area contributed by atoms with Gasteiger partial charge in [0.15, 0.2) is 11.2 Å². The summed E-state index contributed by atoms with van der Waals surface area (Å²) in [5.74, 6) is 0.617. The number of nitrogens with zero attached hydrogens (tertiary/aromatic N) is 2. The van der Waals surface area contributed by atoms with E-state index in [2.05, 4.69) is 132 Å². The Morgan fingerprint density at radius 1 is 0.412 bits per heavy atom. The van der Waals surface area contributed by atoms with E-state index in [0.29, 0.717) is 5.89 Å². The molecule has 0 aliphatic carbocycles. The van der Waals surface area contributed by atoms with Crippen molar-refractivity contribution in [3.8, 4) is 33.7 Å². The first kappa shape index (κ1) is 29.0. The lowest BCUT2D eigenvalue weighted by Crippen LogP contribution is -2.10. The summed E-state index contributed by atoms with van der Waals surface area (Å²) in [6, 6.07) is 63.3. The number of aromatic nitrogens is 1. The van der Waals surface area contributed by atoms with E-state index in [4.69, 9.17) is 13.8 Å². The number of hydrogen-bond donors (Lipinski definition) is 0. The average molecular weight is 655 g/mol. The monoisotopic (exact) mass is 654 g/mol. The molecule has 2 aromatic heterocycles. The zero-order chi connectivity index (χ0) is 33.7. The van der Waals surface area contributed by atoms with Gasteiger partial charge in [-0.15, -0.1) is 0 Å². The van der Waals surface area contributed by atoms with Crippen molar-refractivity contribution in [2.75, 3.05) is 4.90 Å². The molecule has 10 aromatic rings. The second-order valence-electron chi connectivity index (χ2n) is 12.7. The molecule has 0 atom stereocenters. The van der Waals surface area contributed by atoms with Crippen LogP contribution in [0.1, 0.15) is 0 Å². The average Bonchev–Trinajstić information content (AvgIpc) is 3.81. The standard InChI is InChI=1S/C47H30N2O2/c1-2-13-33(14-3-1)47-48-45-39(21-11-25-44(45)51-47)32-26-28-35(29-27-32)49(42-23-10-22-41-40-19-6-7-24-43(40)50-46(41)42)36-17-8-16-34(30-36)38-20-9-15-31-12-4-5-18-37(31)38/h1-30H. The van der Waals surface area contributed by atoms with Gasteiger partial charge in [0.05, 0.1) is 5.69 Å². The molecule has 0 saturated carbocycles. The summed E-state index contributed by atoms with van der Waals surface area (Å²) in [5.41, 5.74) is 11.7. The Morgan fingerprint density at radius 2 is 1.08 bits per heavy atom. The van der Waals surface area contributed by atoms with Gasteiger partial charge in [-0.2, -0.15) is 0 Å². The molecule has 0 bridgehead atoms. The number of furan rings is 1. The molecular formula is C47H30N2O2. The Balaban J connectivity index is 1.13. The fourth-order valence-corrected chi connectivity index (χ4v) is 7.30. The fourth-order valence-electron chi connectivity index (χ4n) is 7.30. The molecule has 10 rings (SSSR count). The molecule has 51 heavy (non-hydrogen) atoms. The minimum atomic E-state index is 0.617. The van der Waals surface area contributed by atoms with Crippen molar-refractivity contribution in [1.82, 2.24) is 4.98 Å². The van der Waals surface area contributed by atoms with Crippen molar-refractivity contribution >= 4 is 60.9 Å². The Bertz CT molecular complexity index is 2860. The maximum Gasteiger partial charge on any atom is 0.227 e. The van der Waals surface area contributed by atoms with Gasteiger partial charge in [0.1, 0.15) is 11.1 Å². The summed E-state index contributed by atoms with van der Waals surface area (Å²) in [4.78, 5) is 7.24. The van der Waals surface area contributed by atoms with E-state index in [0.717, 1.165) is 72.4 Å². The normalized spacial score (nSPS) is 11.5. The van der Waals surface area contributed by atoms with Crippen LogP contribution in [-0.4, -0.2) is 4.98 Å². The molecule has 0 aliphatic heterocycles. The first-order chi connectivity index (χ1) is 25.3. The maximum absolute atomic E-state index is 6.60. The summed E-state index contributed by atoms with van der Waals surface area (Å²) in [6.07, 6.45) is 0. The van der Waals surface area contributed by atoms with Gasteiger partial charge in [-0.05, 0) is 82.1 Å². The second kappa shape index (κ2) is 11.9. The van der Waals surface area contributed by atoms with Gasteiger partial charge in [0.25, 0.3) is 0 Å². The molecular weight excluding hydrogens is 625 g/mol. The van der Waals surface area contributed by atoms with Crippen LogP contribution in [-0.2, 0) is 0 Å². The van der Waals surface area contributed by atoms with Crippen LogP contribution in [0, 0.1) is 0 Å². The summed E-state index contributed by atoms with van der Waals surface area (Å²) in [5, 5.41) is 4.63. The Hall–Kier alpha value is -6.91. The molecule has 0 saturated heterocycles. The molecule has 0 fully saturated rings. The lowest BCUT2D eigenvalue weighted by Gasteiger charge is -2.26. The van der Waals surface area contributed by atoms with Gasteiger partial charge in [-0.3, -0.25) is 0 Å². The molecule has 0 N–H and O–H groups in total. The predicted molar refractivity (Wildman–Crippen MR) is 210 cm³/mol. The summed E-state index contributed by atoms with van der Waals surface area (Å²) >= 11 is 0. The SMILES string of the molecule is c1ccc(-c2nc3c(-c4ccc(N(c5cccc(-c6cccc7ccccc67)c5)c5cccc6c5oc5ccccc56)cc4)cccc3o2)cc1. The number of anilines is 3. The minimum Gasteiger partial charge on any atom is -0.454 e. The zero-order valence-corrected chi connectivity index (χ0v) is 27.5. The Labute approximate surface area is 294 Å². The van der Waals surface area contributed by atoms with Gasteiger partial charge in [0, 0.05) is 33.3 Å². The van der Waals surface area contributed by atoms with Crippen LogP contribution < -0.4 is 4.90 Å². The van der Waals surface area contributed by atoms with Crippen LogP contribution >= 0.6 is 0 Å². The highest BCUT2D eigenvalue weighted by Gasteiger charge is 2.21. The van der Waals surface area contributed by atoms with Crippen molar-refractivity contribution < 1.29 is 8.83 Å². The first-order valence-electron chi connectivity index (χ1n) is 17.1. The largest absolute Gasteiger partial charge is 0.454 e. The molecule has 0 amide bonds. The van der Waals surface area contributed by atoms with E-state index in [1.54, 1.807) is 0 Å². The van der Waals surface area contributed by atoms with Crippen LogP contribution in [0.3, 0.4) is 0 Å². The van der Waals surface area contributed by atoms with E-state index in [-0.39, 0.29) is 0 Å². The van der Waals surface area contributed by atoms with E-state index in [1.165, 1.54) is 16.3 Å². The fraction of sp³-hybridized carbons (Fsp3) is 0. The minimum absolute atomic E-state index is 0.617. The van der Waals surface area contributed by atoms with Crippen LogP contribution in [0.25, 0.3) is 77.5 Å². The van der Waals surface area contributed by atoms with Crippen LogP contribution in [0.2, 0.25) is 0 Å². The van der Waals surface area contributed by atoms with E-state index < -0.39 is 0 Å². The summed E-state index contributed by atoms with van der Waals surface area (Å²) in [7, 11) is 0. The highest BCUT2D eigenvalue weighted by atomic mass is 16.3. The van der Waals surface area contributed by atoms with E-state index in [1.807, 2.05) is 54.6 Å². The number of rotatable bonds is 6. The van der Waals surface area contributed by atoms with Gasteiger partial charge < -0.3 is 13.7 Å². The third-order valence-corrected chi connectivity index (χ3v) is 9.71. The van der Waals surface area contributed by atoms with Crippen LogP contribution in [0.15, 0.2) is 191 Å². The lowest BCUT2D eigenvalue weighted by atomic mass is 9.97.